The van der Waals surface area contributed by atoms with Crippen molar-refractivity contribution in [3.8, 4) is 0 Å². The number of carbonyl (C=O) groups is 2. The van der Waals surface area contributed by atoms with Gasteiger partial charge in [0.25, 0.3) is 5.56 Å². The number of hydrogen-bond acceptors (Lipinski definition) is 6. The SMILES string of the molecule is CC(C)C(=O)Nc1cccc(C(=O)OCc2cc(=O)n3c4c(sc3n2)CCCC4)c1. The molecule has 0 unspecified atom stereocenters. The molecule has 1 amide bonds. The normalized spacial score (nSPS) is 13.3. The number of benzene rings is 1. The van der Waals surface area contributed by atoms with E-state index in [4.69, 9.17) is 4.74 Å². The van der Waals surface area contributed by atoms with E-state index in [2.05, 4.69) is 10.3 Å². The van der Waals surface area contributed by atoms with Crippen molar-refractivity contribution in [2.24, 2.45) is 5.92 Å². The van der Waals surface area contributed by atoms with Gasteiger partial charge in [0.15, 0.2) is 4.96 Å². The van der Waals surface area contributed by atoms with Crippen LogP contribution >= 0.6 is 11.3 Å². The number of esters is 1. The van der Waals surface area contributed by atoms with Crippen molar-refractivity contribution in [3.05, 3.63) is 62.5 Å². The van der Waals surface area contributed by atoms with Crippen molar-refractivity contribution in [2.75, 3.05) is 5.32 Å². The highest BCUT2D eigenvalue weighted by molar-refractivity contribution is 7.17. The van der Waals surface area contributed by atoms with Gasteiger partial charge in [-0.05, 0) is 43.9 Å². The highest BCUT2D eigenvalue weighted by atomic mass is 32.1. The van der Waals surface area contributed by atoms with Crippen LogP contribution in [0, 0.1) is 5.92 Å². The Labute approximate surface area is 177 Å². The maximum Gasteiger partial charge on any atom is 0.338 e. The highest BCUT2D eigenvalue weighted by Crippen LogP contribution is 2.28. The van der Waals surface area contributed by atoms with E-state index < -0.39 is 5.97 Å². The van der Waals surface area contributed by atoms with Crippen LogP contribution in [0.4, 0.5) is 5.69 Å². The van der Waals surface area contributed by atoms with Gasteiger partial charge in [-0.25, -0.2) is 9.78 Å². The number of amides is 1. The average molecular weight is 426 g/mol. The molecule has 2 heterocycles. The van der Waals surface area contributed by atoms with E-state index in [1.165, 1.54) is 22.3 Å². The van der Waals surface area contributed by atoms with Crippen LogP contribution < -0.4 is 10.9 Å². The third kappa shape index (κ3) is 4.14. The molecule has 0 atom stereocenters. The Bertz CT molecular complexity index is 1180. The average Bonchev–Trinajstić information content (AvgIpc) is 3.11. The lowest BCUT2D eigenvalue weighted by Gasteiger charge is -2.10. The third-order valence-electron chi connectivity index (χ3n) is 5.06. The quantitative estimate of drug-likeness (QED) is 0.631. The summed E-state index contributed by atoms with van der Waals surface area (Å²) in [4.78, 5) is 43.3. The number of ether oxygens (including phenoxy) is 1. The van der Waals surface area contributed by atoms with Gasteiger partial charge in [0.2, 0.25) is 5.91 Å². The molecule has 0 saturated carbocycles. The van der Waals surface area contributed by atoms with Crippen molar-refractivity contribution < 1.29 is 14.3 Å². The molecule has 0 fully saturated rings. The van der Waals surface area contributed by atoms with Crippen LogP contribution in [0.3, 0.4) is 0 Å². The van der Waals surface area contributed by atoms with Crippen molar-refractivity contribution >= 4 is 33.9 Å². The second kappa shape index (κ2) is 8.39. The molecule has 4 rings (SSSR count). The molecule has 0 saturated heterocycles. The summed E-state index contributed by atoms with van der Waals surface area (Å²) in [6.45, 7) is 3.50. The second-order valence-electron chi connectivity index (χ2n) is 7.68. The number of nitrogens with one attached hydrogen (secondary N) is 1. The molecule has 2 aromatic heterocycles. The van der Waals surface area contributed by atoms with E-state index in [1.54, 1.807) is 42.5 Å². The Morgan fingerprint density at radius 2 is 2.03 bits per heavy atom. The Morgan fingerprint density at radius 1 is 1.23 bits per heavy atom. The first-order valence-electron chi connectivity index (χ1n) is 10.0. The number of hydrogen-bond donors (Lipinski definition) is 1. The minimum absolute atomic E-state index is 0.0876. The molecule has 1 aliphatic carbocycles. The highest BCUT2D eigenvalue weighted by Gasteiger charge is 2.19. The van der Waals surface area contributed by atoms with E-state index in [0.29, 0.717) is 21.9 Å². The van der Waals surface area contributed by atoms with Gasteiger partial charge in [-0.3, -0.25) is 14.0 Å². The van der Waals surface area contributed by atoms with Crippen molar-refractivity contribution in [2.45, 2.75) is 46.1 Å². The zero-order valence-electron chi connectivity index (χ0n) is 16.9. The van der Waals surface area contributed by atoms with Gasteiger partial charge >= 0.3 is 5.97 Å². The van der Waals surface area contributed by atoms with Crippen LogP contribution in [0.15, 0.2) is 35.1 Å². The first kappa shape index (κ1) is 20.3. The summed E-state index contributed by atoms with van der Waals surface area (Å²) in [5.41, 5.74) is 2.22. The second-order valence-corrected chi connectivity index (χ2v) is 8.75. The number of rotatable bonds is 5. The van der Waals surface area contributed by atoms with Crippen LogP contribution in [0.2, 0.25) is 0 Å². The van der Waals surface area contributed by atoms with Gasteiger partial charge in [-0.2, -0.15) is 0 Å². The Balaban J connectivity index is 1.48. The molecular weight excluding hydrogens is 402 g/mol. The molecule has 1 N–H and O–H groups in total. The predicted molar refractivity (Wildman–Crippen MR) is 115 cm³/mol. The number of fused-ring (bicyclic) bond motifs is 3. The lowest BCUT2D eigenvalue weighted by molar-refractivity contribution is -0.118. The van der Waals surface area contributed by atoms with Crippen LogP contribution in [-0.4, -0.2) is 21.3 Å². The zero-order chi connectivity index (χ0) is 21.3. The van der Waals surface area contributed by atoms with Crippen molar-refractivity contribution in [3.63, 3.8) is 0 Å². The maximum atomic E-state index is 12.6. The molecule has 30 heavy (non-hydrogen) atoms. The van der Waals surface area contributed by atoms with E-state index >= 15 is 0 Å². The maximum absolute atomic E-state index is 12.6. The van der Waals surface area contributed by atoms with Gasteiger partial charge in [-0.1, -0.05) is 19.9 Å². The molecule has 156 valence electrons. The molecule has 1 aliphatic rings. The summed E-state index contributed by atoms with van der Waals surface area (Å²) >= 11 is 1.54. The van der Waals surface area contributed by atoms with Gasteiger partial charge < -0.3 is 10.1 Å². The Hall–Kier alpha value is -3.00. The van der Waals surface area contributed by atoms with Crippen LogP contribution in [0.5, 0.6) is 0 Å². The standard InChI is InChI=1S/C22H23N3O4S/c1-13(2)20(27)23-15-7-5-6-14(10-15)21(28)29-12-16-11-19(26)25-17-8-3-4-9-18(17)30-22(25)24-16/h5-7,10-11,13H,3-4,8-9,12H2,1-2H3,(H,23,27). The molecule has 7 nitrogen and oxygen atoms in total. The lowest BCUT2D eigenvalue weighted by atomic mass is 10.0. The molecule has 0 bridgehead atoms. The summed E-state index contributed by atoms with van der Waals surface area (Å²) in [6.07, 6.45) is 4.10. The number of carbonyl (C=O) groups excluding carboxylic acids is 2. The van der Waals surface area contributed by atoms with E-state index in [1.807, 2.05) is 0 Å². The van der Waals surface area contributed by atoms with Crippen LogP contribution in [0.25, 0.3) is 4.96 Å². The fraction of sp³-hybridized carbons (Fsp3) is 0.364. The number of anilines is 1. The number of aryl methyl sites for hydroxylation is 2. The molecule has 8 heteroatoms. The minimum Gasteiger partial charge on any atom is -0.456 e. The van der Waals surface area contributed by atoms with Gasteiger partial charge in [0.1, 0.15) is 6.61 Å². The first-order valence-corrected chi connectivity index (χ1v) is 10.9. The largest absolute Gasteiger partial charge is 0.456 e. The fourth-order valence-corrected chi connectivity index (χ4v) is 4.68. The summed E-state index contributed by atoms with van der Waals surface area (Å²) in [5, 5.41) is 2.76. The van der Waals surface area contributed by atoms with Crippen LogP contribution in [-0.2, 0) is 29.0 Å². The summed E-state index contributed by atoms with van der Waals surface area (Å²) < 4.78 is 7.06. The fourth-order valence-electron chi connectivity index (χ4n) is 3.45. The van der Waals surface area contributed by atoms with Gasteiger partial charge in [-0.15, -0.1) is 11.3 Å². The number of nitrogens with zero attached hydrogens (tertiary/aromatic N) is 2. The predicted octanol–water partition coefficient (Wildman–Crippen LogP) is 3.59. The van der Waals surface area contributed by atoms with E-state index in [-0.39, 0.29) is 24.0 Å². The van der Waals surface area contributed by atoms with E-state index in [0.717, 1.165) is 31.4 Å². The minimum atomic E-state index is -0.539. The molecule has 0 aliphatic heterocycles. The summed E-state index contributed by atoms with van der Waals surface area (Å²) in [6, 6.07) is 8.01. The topological polar surface area (TPSA) is 89.8 Å². The van der Waals surface area contributed by atoms with Crippen molar-refractivity contribution in [1.29, 1.82) is 0 Å². The molecule has 0 spiro atoms. The van der Waals surface area contributed by atoms with Crippen molar-refractivity contribution in [1.82, 2.24) is 9.38 Å². The number of thiazole rings is 1. The zero-order valence-corrected chi connectivity index (χ0v) is 17.8. The van der Waals surface area contributed by atoms with Crippen LogP contribution in [0.1, 0.15) is 53.3 Å². The lowest BCUT2D eigenvalue weighted by Crippen LogP contribution is -2.19. The molecule has 3 aromatic rings. The monoisotopic (exact) mass is 425 g/mol. The molecule has 0 radical (unpaired) electrons. The Kier molecular flexibility index (Phi) is 5.67. The smallest absolute Gasteiger partial charge is 0.338 e. The molecule has 1 aromatic carbocycles. The summed E-state index contributed by atoms with van der Waals surface area (Å²) in [7, 11) is 0. The van der Waals surface area contributed by atoms with Gasteiger partial charge in [0, 0.05) is 28.2 Å². The summed E-state index contributed by atoms with van der Waals surface area (Å²) in [5.74, 6) is -0.830. The molecular formula is C22H23N3O4S. The Morgan fingerprint density at radius 3 is 2.83 bits per heavy atom. The first-order chi connectivity index (χ1) is 14.4. The van der Waals surface area contributed by atoms with Gasteiger partial charge in [0.05, 0.1) is 11.3 Å². The number of aromatic nitrogens is 2. The van der Waals surface area contributed by atoms with E-state index in [9.17, 15) is 14.4 Å². The third-order valence-corrected chi connectivity index (χ3v) is 6.20.